The number of rotatable bonds is 5. The normalized spacial score (nSPS) is 10.6. The molecule has 0 fully saturated rings. The maximum absolute atomic E-state index is 12.4. The van der Waals surface area contributed by atoms with Crippen LogP contribution in [0.15, 0.2) is 47.8 Å². The molecule has 0 N–H and O–H groups in total. The highest BCUT2D eigenvalue weighted by Crippen LogP contribution is 2.26. The van der Waals surface area contributed by atoms with Crippen LogP contribution in [0.1, 0.15) is 16.1 Å². The van der Waals surface area contributed by atoms with Crippen molar-refractivity contribution < 1.29 is 18.3 Å². The van der Waals surface area contributed by atoms with Gasteiger partial charge >= 0.3 is 5.97 Å². The molecular weight excluding hydrogens is 286 g/mol. The van der Waals surface area contributed by atoms with E-state index in [1.165, 1.54) is 18.3 Å². The quantitative estimate of drug-likeness (QED) is 0.626. The first-order valence-corrected chi connectivity index (χ1v) is 6.51. The molecule has 0 aliphatic carbocycles. The van der Waals surface area contributed by atoms with Crippen LogP contribution in [0.2, 0.25) is 0 Å². The average Bonchev–Trinajstić information content (AvgIpc) is 2.46. The van der Waals surface area contributed by atoms with Crippen LogP contribution in [0.25, 0.3) is 0 Å². The van der Waals surface area contributed by atoms with Gasteiger partial charge in [0.1, 0.15) is 11.6 Å². The Bertz CT molecular complexity index is 582. The molecule has 2 rings (SSSR count). The molecule has 2 aromatic rings. The Labute approximate surface area is 118 Å². The van der Waals surface area contributed by atoms with Gasteiger partial charge < -0.3 is 4.74 Å². The molecule has 7 heteroatoms. The van der Waals surface area contributed by atoms with Crippen molar-refractivity contribution in [1.82, 2.24) is 9.97 Å². The van der Waals surface area contributed by atoms with Crippen LogP contribution in [0.5, 0.6) is 0 Å². The van der Waals surface area contributed by atoms with E-state index < -0.39 is 11.7 Å². The van der Waals surface area contributed by atoms with Crippen molar-refractivity contribution in [3.63, 3.8) is 0 Å². The Hall–Kier alpha value is -2.02. The number of ether oxygens (including phenoxy) is 1. The molecule has 0 bridgehead atoms. The van der Waals surface area contributed by atoms with Crippen LogP contribution in [0, 0.1) is 0 Å². The lowest BCUT2D eigenvalue weighted by Crippen LogP contribution is -2.08. The number of nitrogens with zero attached hydrogens (tertiary/aromatic N) is 2. The summed E-state index contributed by atoms with van der Waals surface area (Å²) in [6.45, 7) is -0.0205. The van der Waals surface area contributed by atoms with Gasteiger partial charge in [-0.1, -0.05) is 6.07 Å². The van der Waals surface area contributed by atoms with Gasteiger partial charge in [-0.2, -0.15) is 8.78 Å². The van der Waals surface area contributed by atoms with Crippen LogP contribution in [0.3, 0.4) is 0 Å². The number of thioether (sulfide) groups is 1. The summed E-state index contributed by atoms with van der Waals surface area (Å²) >= 11 is 0.214. The highest BCUT2D eigenvalue weighted by Gasteiger charge is 2.17. The summed E-state index contributed by atoms with van der Waals surface area (Å²) in [5, 5.41) is -0.0477. The first-order valence-electron chi connectivity index (χ1n) is 5.63. The third kappa shape index (κ3) is 3.99. The van der Waals surface area contributed by atoms with Gasteiger partial charge in [-0.3, -0.25) is 4.98 Å². The Morgan fingerprint density at radius 2 is 2.00 bits per heavy atom. The third-order valence-electron chi connectivity index (χ3n) is 2.27. The molecule has 0 saturated carbocycles. The fraction of sp³-hybridized carbons (Fsp3) is 0.154. The number of esters is 1. The molecule has 2 aromatic heterocycles. The van der Waals surface area contributed by atoms with Gasteiger partial charge in [0.25, 0.3) is 5.76 Å². The van der Waals surface area contributed by atoms with Crippen LogP contribution in [0.4, 0.5) is 8.78 Å². The van der Waals surface area contributed by atoms with Gasteiger partial charge in [-0.05, 0) is 36.0 Å². The molecule has 4 nitrogen and oxygen atoms in total. The Morgan fingerprint density at radius 1 is 1.20 bits per heavy atom. The Balaban J connectivity index is 2.05. The summed E-state index contributed by atoms with van der Waals surface area (Å²) in [6.07, 6.45) is 2.92. The predicted octanol–water partition coefficient (Wildman–Crippen LogP) is 3.15. The van der Waals surface area contributed by atoms with Crippen molar-refractivity contribution in [3.8, 4) is 0 Å². The zero-order chi connectivity index (χ0) is 14.4. The molecule has 0 atom stereocenters. The smallest absolute Gasteiger partial charge is 0.341 e. The lowest BCUT2D eigenvalue weighted by molar-refractivity contribution is 0.0462. The van der Waals surface area contributed by atoms with Crippen molar-refractivity contribution >= 4 is 17.7 Å². The number of halogens is 2. The van der Waals surface area contributed by atoms with Crippen LogP contribution >= 0.6 is 11.8 Å². The minimum Gasteiger partial charge on any atom is -0.456 e. The van der Waals surface area contributed by atoms with Gasteiger partial charge in [0, 0.05) is 12.4 Å². The monoisotopic (exact) mass is 296 g/mol. The van der Waals surface area contributed by atoms with E-state index in [0.717, 1.165) is 0 Å². The molecule has 2 heterocycles. The second-order valence-electron chi connectivity index (χ2n) is 3.63. The van der Waals surface area contributed by atoms with E-state index in [1.54, 1.807) is 24.4 Å². The number of hydrogen-bond acceptors (Lipinski definition) is 5. The molecule has 0 aliphatic rings. The largest absolute Gasteiger partial charge is 0.456 e. The fourth-order valence-corrected chi connectivity index (χ4v) is 1.99. The summed E-state index contributed by atoms with van der Waals surface area (Å²) in [7, 11) is 0. The lowest BCUT2D eigenvalue weighted by atomic mass is 10.3. The molecule has 0 aliphatic heterocycles. The summed E-state index contributed by atoms with van der Waals surface area (Å²) in [5.74, 6) is -3.35. The molecule has 0 unspecified atom stereocenters. The summed E-state index contributed by atoms with van der Waals surface area (Å²) < 4.78 is 29.8. The Kier molecular flexibility index (Phi) is 5.00. The third-order valence-corrected chi connectivity index (χ3v) is 3.00. The van der Waals surface area contributed by atoms with Crippen LogP contribution in [-0.4, -0.2) is 21.7 Å². The van der Waals surface area contributed by atoms with Gasteiger partial charge in [0.15, 0.2) is 0 Å². The second-order valence-corrected chi connectivity index (χ2v) is 4.61. The standard InChI is InChI=1S/C13H10F2N2O2S/c14-13(15)20-11-10(5-3-7-17-11)12(18)19-8-9-4-1-2-6-16-9/h1-7,13H,8H2. The maximum atomic E-state index is 12.4. The van der Waals surface area contributed by atoms with E-state index in [9.17, 15) is 13.6 Å². The van der Waals surface area contributed by atoms with Gasteiger partial charge in [-0.15, -0.1) is 0 Å². The fourth-order valence-electron chi connectivity index (χ4n) is 1.43. The zero-order valence-electron chi connectivity index (χ0n) is 10.2. The first kappa shape index (κ1) is 14.4. The molecule has 104 valence electrons. The molecular formula is C13H10F2N2O2S. The number of pyridine rings is 2. The van der Waals surface area contributed by atoms with Gasteiger partial charge in [-0.25, -0.2) is 9.78 Å². The van der Waals surface area contributed by atoms with E-state index in [4.69, 9.17) is 4.74 Å². The van der Waals surface area contributed by atoms with Crippen molar-refractivity contribution in [1.29, 1.82) is 0 Å². The van der Waals surface area contributed by atoms with Gasteiger partial charge in [0.2, 0.25) is 0 Å². The van der Waals surface area contributed by atoms with Gasteiger partial charge in [0.05, 0.1) is 11.3 Å². The molecule has 0 amide bonds. The van der Waals surface area contributed by atoms with Crippen LogP contribution < -0.4 is 0 Å². The number of carbonyl (C=O) groups excluding carboxylic acids is 1. The van der Waals surface area contributed by atoms with Crippen molar-refractivity contribution in [2.75, 3.05) is 0 Å². The molecule has 0 spiro atoms. The lowest BCUT2D eigenvalue weighted by Gasteiger charge is -2.07. The van der Waals surface area contributed by atoms with Crippen molar-refractivity contribution in [3.05, 3.63) is 54.0 Å². The molecule has 20 heavy (non-hydrogen) atoms. The van der Waals surface area contributed by atoms with E-state index in [2.05, 4.69) is 9.97 Å². The molecule has 0 radical (unpaired) electrons. The molecule has 0 saturated heterocycles. The van der Waals surface area contributed by atoms with E-state index in [0.29, 0.717) is 5.69 Å². The van der Waals surface area contributed by atoms with E-state index in [-0.39, 0.29) is 29.0 Å². The van der Waals surface area contributed by atoms with E-state index in [1.807, 2.05) is 0 Å². The van der Waals surface area contributed by atoms with E-state index >= 15 is 0 Å². The number of hydrogen-bond donors (Lipinski definition) is 0. The average molecular weight is 296 g/mol. The summed E-state index contributed by atoms with van der Waals surface area (Å²) in [6, 6.07) is 8.10. The Morgan fingerprint density at radius 3 is 2.70 bits per heavy atom. The number of carbonyl (C=O) groups is 1. The highest BCUT2D eigenvalue weighted by molar-refractivity contribution is 7.99. The first-order chi connectivity index (χ1) is 9.66. The second kappa shape index (κ2) is 6.95. The number of alkyl halides is 2. The minimum absolute atomic E-state index is 0.0205. The molecule has 0 aromatic carbocycles. The summed E-state index contributed by atoms with van der Waals surface area (Å²) in [4.78, 5) is 19.6. The highest BCUT2D eigenvalue weighted by atomic mass is 32.2. The zero-order valence-corrected chi connectivity index (χ0v) is 11.0. The van der Waals surface area contributed by atoms with Crippen molar-refractivity contribution in [2.45, 2.75) is 17.4 Å². The maximum Gasteiger partial charge on any atom is 0.341 e. The predicted molar refractivity (Wildman–Crippen MR) is 69.5 cm³/mol. The SMILES string of the molecule is O=C(OCc1ccccn1)c1cccnc1SC(F)F. The minimum atomic E-state index is -2.65. The number of aromatic nitrogens is 2. The summed E-state index contributed by atoms with van der Waals surface area (Å²) in [5.41, 5.74) is 0.599. The van der Waals surface area contributed by atoms with Crippen molar-refractivity contribution in [2.24, 2.45) is 0 Å². The topological polar surface area (TPSA) is 52.1 Å². The van der Waals surface area contributed by atoms with Crippen LogP contribution in [-0.2, 0) is 11.3 Å².